The highest BCUT2D eigenvalue weighted by Crippen LogP contribution is 2.23. The predicted molar refractivity (Wildman–Crippen MR) is 66.7 cm³/mol. The van der Waals surface area contributed by atoms with Gasteiger partial charge in [-0.2, -0.15) is 0 Å². The fourth-order valence-electron chi connectivity index (χ4n) is 1.31. The number of halogens is 1. The van der Waals surface area contributed by atoms with E-state index in [2.05, 4.69) is 0 Å². The van der Waals surface area contributed by atoms with E-state index < -0.39 is 27.0 Å². The third-order valence-corrected chi connectivity index (χ3v) is 5.32. The second kappa shape index (κ2) is 5.24. The molecule has 1 aromatic carbocycles. The first-order chi connectivity index (χ1) is 8.23. The Labute approximate surface area is 106 Å². The van der Waals surface area contributed by atoms with Gasteiger partial charge in [0.05, 0.1) is 24.2 Å². The van der Waals surface area contributed by atoms with Crippen molar-refractivity contribution in [1.82, 2.24) is 0 Å². The summed E-state index contributed by atoms with van der Waals surface area (Å²) in [6.07, 6.45) is 0. The van der Waals surface area contributed by atoms with E-state index in [9.17, 15) is 12.8 Å². The molecule has 0 heterocycles. The van der Waals surface area contributed by atoms with Gasteiger partial charge in [-0.1, -0.05) is 6.07 Å². The normalized spacial score (nSPS) is 12.5. The third-order valence-electron chi connectivity index (χ3n) is 2.80. The maximum absolute atomic E-state index is 13.4. The zero-order chi connectivity index (χ0) is 14.0. The highest BCUT2D eigenvalue weighted by atomic mass is 32.2. The van der Waals surface area contributed by atoms with Gasteiger partial charge >= 0.3 is 0 Å². The standard InChI is InChI=1S/C12H17FO4S/c1-12(2,8-14)18(15,16)7-9-4-5-11(17-3)10(13)6-9/h4-6,14H,7-8H2,1-3H3. The molecule has 0 amide bonds. The van der Waals surface area contributed by atoms with Crippen LogP contribution in [0.1, 0.15) is 19.4 Å². The Kier molecular flexibility index (Phi) is 4.34. The van der Waals surface area contributed by atoms with Gasteiger partial charge in [-0.15, -0.1) is 0 Å². The first-order valence-corrected chi connectivity index (χ1v) is 7.04. The molecule has 0 saturated heterocycles. The maximum Gasteiger partial charge on any atom is 0.165 e. The van der Waals surface area contributed by atoms with Crippen LogP contribution in [-0.4, -0.2) is 32.0 Å². The summed E-state index contributed by atoms with van der Waals surface area (Å²) < 4.78 is 41.0. The molecule has 102 valence electrons. The zero-order valence-corrected chi connectivity index (χ0v) is 11.4. The van der Waals surface area contributed by atoms with Crippen molar-refractivity contribution < 1.29 is 22.7 Å². The summed E-state index contributed by atoms with van der Waals surface area (Å²) in [5, 5.41) is 9.07. The van der Waals surface area contributed by atoms with Crippen LogP contribution in [0.5, 0.6) is 5.75 Å². The number of aliphatic hydroxyl groups is 1. The van der Waals surface area contributed by atoms with Gasteiger partial charge in [0.15, 0.2) is 21.4 Å². The molecule has 0 saturated carbocycles. The van der Waals surface area contributed by atoms with Crippen molar-refractivity contribution in [3.8, 4) is 5.75 Å². The Morgan fingerprint density at radius 1 is 1.39 bits per heavy atom. The summed E-state index contributed by atoms with van der Waals surface area (Å²) in [7, 11) is -2.22. The molecule has 6 heteroatoms. The SMILES string of the molecule is COc1ccc(CS(=O)(=O)C(C)(C)CO)cc1F. The van der Waals surface area contributed by atoms with Crippen molar-refractivity contribution in [1.29, 1.82) is 0 Å². The van der Waals surface area contributed by atoms with Crippen LogP contribution in [0.25, 0.3) is 0 Å². The van der Waals surface area contributed by atoms with Crippen LogP contribution in [0, 0.1) is 5.82 Å². The van der Waals surface area contributed by atoms with Crippen molar-refractivity contribution in [2.24, 2.45) is 0 Å². The minimum Gasteiger partial charge on any atom is -0.494 e. The molecule has 0 aliphatic rings. The lowest BCUT2D eigenvalue weighted by atomic mass is 10.2. The largest absolute Gasteiger partial charge is 0.494 e. The molecule has 18 heavy (non-hydrogen) atoms. The molecule has 1 aromatic rings. The highest BCUT2D eigenvalue weighted by molar-refractivity contribution is 7.92. The second-order valence-corrected chi connectivity index (χ2v) is 7.27. The third kappa shape index (κ3) is 3.00. The summed E-state index contributed by atoms with van der Waals surface area (Å²) in [4.78, 5) is 0. The van der Waals surface area contributed by atoms with Crippen LogP contribution >= 0.6 is 0 Å². The summed E-state index contributed by atoms with van der Waals surface area (Å²) >= 11 is 0. The van der Waals surface area contributed by atoms with Gasteiger partial charge in [0.1, 0.15) is 0 Å². The molecule has 1 N–H and O–H groups in total. The zero-order valence-electron chi connectivity index (χ0n) is 10.6. The molecule has 0 radical (unpaired) electrons. The minimum absolute atomic E-state index is 0.0672. The molecule has 0 fully saturated rings. The van der Waals surface area contributed by atoms with Crippen molar-refractivity contribution in [2.75, 3.05) is 13.7 Å². The van der Waals surface area contributed by atoms with E-state index in [0.717, 1.165) is 6.07 Å². The Balaban J connectivity index is 3.02. The van der Waals surface area contributed by atoms with E-state index >= 15 is 0 Å². The monoisotopic (exact) mass is 276 g/mol. The number of aliphatic hydroxyl groups excluding tert-OH is 1. The van der Waals surface area contributed by atoms with E-state index in [4.69, 9.17) is 9.84 Å². The quantitative estimate of drug-likeness (QED) is 0.885. The van der Waals surface area contributed by atoms with Crippen LogP contribution in [-0.2, 0) is 15.6 Å². The number of benzene rings is 1. The lowest BCUT2D eigenvalue weighted by molar-refractivity contribution is 0.258. The fourth-order valence-corrected chi connectivity index (χ4v) is 2.52. The average molecular weight is 276 g/mol. The van der Waals surface area contributed by atoms with Crippen molar-refractivity contribution in [3.05, 3.63) is 29.6 Å². The average Bonchev–Trinajstić information content (AvgIpc) is 2.28. The first kappa shape index (κ1) is 14.9. The molecule has 0 bridgehead atoms. The van der Waals surface area contributed by atoms with Gasteiger partial charge in [0.2, 0.25) is 0 Å². The number of rotatable bonds is 5. The van der Waals surface area contributed by atoms with Crippen molar-refractivity contribution in [3.63, 3.8) is 0 Å². The second-order valence-electron chi connectivity index (χ2n) is 4.65. The molecule has 0 spiro atoms. The Bertz CT molecular complexity index is 523. The van der Waals surface area contributed by atoms with Gasteiger partial charge in [-0.05, 0) is 31.5 Å². The topological polar surface area (TPSA) is 63.6 Å². The molecule has 0 unspecified atom stereocenters. The number of hydrogen-bond acceptors (Lipinski definition) is 4. The van der Waals surface area contributed by atoms with Crippen LogP contribution in [0.15, 0.2) is 18.2 Å². The van der Waals surface area contributed by atoms with E-state index in [1.807, 2.05) is 0 Å². The van der Waals surface area contributed by atoms with Crippen molar-refractivity contribution >= 4 is 9.84 Å². The molecule has 0 atom stereocenters. The van der Waals surface area contributed by atoms with E-state index in [0.29, 0.717) is 5.56 Å². The van der Waals surface area contributed by atoms with Crippen molar-refractivity contribution in [2.45, 2.75) is 24.3 Å². The molecule has 0 aromatic heterocycles. The minimum atomic E-state index is -3.56. The maximum atomic E-state index is 13.4. The molecule has 0 aliphatic heterocycles. The number of sulfone groups is 1. The van der Waals surface area contributed by atoms with Crippen LogP contribution in [0.2, 0.25) is 0 Å². The van der Waals surface area contributed by atoms with Gasteiger partial charge in [0, 0.05) is 0 Å². The Morgan fingerprint density at radius 3 is 2.44 bits per heavy atom. The first-order valence-electron chi connectivity index (χ1n) is 5.39. The molecule has 4 nitrogen and oxygen atoms in total. The van der Waals surface area contributed by atoms with Gasteiger partial charge in [0.25, 0.3) is 0 Å². The predicted octanol–water partition coefficient (Wildman–Crippen LogP) is 1.52. The Morgan fingerprint density at radius 2 is 2.00 bits per heavy atom. The summed E-state index contributed by atoms with van der Waals surface area (Å²) in [5.41, 5.74) is 0.329. The fraction of sp³-hybridized carbons (Fsp3) is 0.500. The highest BCUT2D eigenvalue weighted by Gasteiger charge is 2.33. The van der Waals surface area contributed by atoms with E-state index in [1.54, 1.807) is 0 Å². The van der Waals surface area contributed by atoms with Gasteiger partial charge in [-0.25, -0.2) is 12.8 Å². The van der Waals surface area contributed by atoms with Crippen LogP contribution in [0.4, 0.5) is 4.39 Å². The Hall–Kier alpha value is -1.14. The number of ether oxygens (including phenoxy) is 1. The van der Waals surface area contributed by atoms with Crippen LogP contribution < -0.4 is 4.74 Å². The van der Waals surface area contributed by atoms with E-state index in [1.165, 1.54) is 33.1 Å². The lowest BCUT2D eigenvalue weighted by Crippen LogP contribution is -2.36. The smallest absolute Gasteiger partial charge is 0.165 e. The van der Waals surface area contributed by atoms with E-state index in [-0.39, 0.29) is 11.5 Å². The molecule has 0 aliphatic carbocycles. The van der Waals surface area contributed by atoms with Crippen LogP contribution in [0.3, 0.4) is 0 Å². The van der Waals surface area contributed by atoms with Gasteiger partial charge in [-0.3, -0.25) is 0 Å². The number of hydrogen-bond donors (Lipinski definition) is 1. The van der Waals surface area contributed by atoms with Gasteiger partial charge < -0.3 is 9.84 Å². The number of methoxy groups -OCH3 is 1. The molecular formula is C12H17FO4S. The summed E-state index contributed by atoms with van der Waals surface area (Å²) in [6.45, 7) is 2.39. The molecule has 1 rings (SSSR count). The summed E-state index contributed by atoms with van der Waals surface area (Å²) in [5.74, 6) is -0.855. The molecular weight excluding hydrogens is 259 g/mol. The summed E-state index contributed by atoms with van der Waals surface area (Å²) in [6, 6.07) is 4.00. The lowest BCUT2D eigenvalue weighted by Gasteiger charge is -2.22.